The third-order valence-electron chi connectivity index (χ3n) is 3.68. The maximum Gasteiger partial charge on any atom is 0.122 e. The SMILES string of the molecule is CCCCCCCC(CO)Cc1ccccc1OC. The van der Waals surface area contributed by atoms with Gasteiger partial charge < -0.3 is 9.84 Å². The van der Waals surface area contributed by atoms with Crippen LogP contribution in [0.25, 0.3) is 0 Å². The number of aliphatic hydroxyl groups excluding tert-OH is 1. The van der Waals surface area contributed by atoms with Crippen molar-refractivity contribution >= 4 is 0 Å². The first kappa shape index (κ1) is 16.0. The summed E-state index contributed by atoms with van der Waals surface area (Å²) in [6, 6.07) is 8.11. The zero-order valence-corrected chi connectivity index (χ0v) is 12.4. The molecule has 19 heavy (non-hydrogen) atoms. The van der Waals surface area contributed by atoms with E-state index in [-0.39, 0.29) is 6.61 Å². The second-order valence-electron chi connectivity index (χ2n) is 5.27. The molecule has 1 atom stereocenters. The summed E-state index contributed by atoms with van der Waals surface area (Å²) in [5.74, 6) is 1.30. The van der Waals surface area contributed by atoms with E-state index < -0.39 is 0 Å². The van der Waals surface area contributed by atoms with E-state index in [2.05, 4.69) is 13.0 Å². The van der Waals surface area contributed by atoms with Crippen molar-refractivity contribution in [2.75, 3.05) is 13.7 Å². The van der Waals surface area contributed by atoms with Gasteiger partial charge in [-0.05, 0) is 30.4 Å². The Morgan fingerprint density at radius 3 is 2.53 bits per heavy atom. The summed E-state index contributed by atoms with van der Waals surface area (Å²) in [6.07, 6.45) is 8.47. The number of hydrogen-bond acceptors (Lipinski definition) is 2. The lowest BCUT2D eigenvalue weighted by atomic mass is 9.93. The number of benzene rings is 1. The van der Waals surface area contributed by atoms with E-state index in [0.29, 0.717) is 5.92 Å². The Balaban J connectivity index is 2.38. The van der Waals surface area contributed by atoms with E-state index in [4.69, 9.17) is 4.74 Å². The van der Waals surface area contributed by atoms with Gasteiger partial charge in [0.25, 0.3) is 0 Å². The quantitative estimate of drug-likeness (QED) is 0.642. The Morgan fingerprint density at radius 1 is 1.11 bits per heavy atom. The number of aliphatic hydroxyl groups is 1. The average Bonchev–Trinajstić information content (AvgIpc) is 2.46. The first-order valence-electron chi connectivity index (χ1n) is 7.54. The van der Waals surface area contributed by atoms with Crippen LogP contribution in [0.4, 0.5) is 0 Å². The first-order valence-corrected chi connectivity index (χ1v) is 7.54. The lowest BCUT2D eigenvalue weighted by molar-refractivity contribution is 0.213. The summed E-state index contributed by atoms with van der Waals surface area (Å²) in [6.45, 7) is 2.50. The highest BCUT2D eigenvalue weighted by Gasteiger charge is 2.11. The van der Waals surface area contributed by atoms with Gasteiger partial charge in [0.15, 0.2) is 0 Å². The normalized spacial score (nSPS) is 12.4. The van der Waals surface area contributed by atoms with Crippen molar-refractivity contribution in [1.82, 2.24) is 0 Å². The number of hydrogen-bond donors (Lipinski definition) is 1. The van der Waals surface area contributed by atoms with Crippen molar-refractivity contribution in [3.05, 3.63) is 29.8 Å². The van der Waals surface area contributed by atoms with Gasteiger partial charge in [0.1, 0.15) is 5.75 Å². The second kappa shape index (κ2) is 9.85. The Labute approximate surface area is 117 Å². The molecule has 0 saturated carbocycles. The minimum absolute atomic E-state index is 0.270. The van der Waals surface area contributed by atoms with E-state index in [1.165, 1.54) is 37.7 Å². The number of methoxy groups -OCH3 is 1. The van der Waals surface area contributed by atoms with E-state index in [1.54, 1.807) is 7.11 Å². The topological polar surface area (TPSA) is 29.5 Å². The van der Waals surface area contributed by atoms with Crippen molar-refractivity contribution < 1.29 is 9.84 Å². The largest absolute Gasteiger partial charge is 0.496 e. The molecule has 1 aromatic rings. The summed E-state index contributed by atoms with van der Waals surface area (Å²) < 4.78 is 5.37. The molecule has 1 unspecified atom stereocenters. The molecule has 0 spiro atoms. The van der Waals surface area contributed by atoms with Crippen LogP contribution >= 0.6 is 0 Å². The lowest BCUT2D eigenvalue weighted by Gasteiger charge is -2.16. The fourth-order valence-electron chi connectivity index (χ4n) is 2.48. The monoisotopic (exact) mass is 264 g/mol. The van der Waals surface area contributed by atoms with Crippen molar-refractivity contribution in [1.29, 1.82) is 0 Å². The van der Waals surface area contributed by atoms with Gasteiger partial charge in [-0.1, -0.05) is 57.2 Å². The molecule has 0 amide bonds. The molecular weight excluding hydrogens is 236 g/mol. The summed E-state index contributed by atoms with van der Waals surface area (Å²) in [5.41, 5.74) is 1.21. The maximum atomic E-state index is 9.51. The molecule has 0 radical (unpaired) electrons. The van der Waals surface area contributed by atoms with E-state index in [1.807, 2.05) is 18.2 Å². The van der Waals surface area contributed by atoms with Crippen molar-refractivity contribution in [3.63, 3.8) is 0 Å². The fourth-order valence-corrected chi connectivity index (χ4v) is 2.48. The third-order valence-corrected chi connectivity index (χ3v) is 3.68. The summed E-state index contributed by atoms with van der Waals surface area (Å²) in [4.78, 5) is 0. The highest BCUT2D eigenvalue weighted by Crippen LogP contribution is 2.23. The standard InChI is InChI=1S/C17H28O2/c1-3-4-5-6-7-10-15(14-18)13-16-11-8-9-12-17(16)19-2/h8-9,11-12,15,18H,3-7,10,13-14H2,1-2H3. The zero-order chi connectivity index (χ0) is 13.9. The molecule has 0 saturated heterocycles. The lowest BCUT2D eigenvalue weighted by Crippen LogP contribution is -2.10. The Morgan fingerprint density at radius 2 is 1.84 bits per heavy atom. The molecule has 2 nitrogen and oxygen atoms in total. The minimum Gasteiger partial charge on any atom is -0.496 e. The average molecular weight is 264 g/mol. The molecule has 0 aromatic heterocycles. The summed E-state index contributed by atoms with van der Waals surface area (Å²) in [5, 5.41) is 9.51. The van der Waals surface area contributed by atoms with Crippen LogP contribution in [0.1, 0.15) is 51.0 Å². The molecule has 0 heterocycles. The van der Waals surface area contributed by atoms with Crippen LogP contribution in [0.2, 0.25) is 0 Å². The van der Waals surface area contributed by atoms with Crippen LogP contribution in [0.3, 0.4) is 0 Å². The third kappa shape index (κ3) is 6.11. The van der Waals surface area contributed by atoms with Gasteiger partial charge in [-0.3, -0.25) is 0 Å². The van der Waals surface area contributed by atoms with Gasteiger partial charge in [0.05, 0.1) is 7.11 Å². The highest BCUT2D eigenvalue weighted by atomic mass is 16.5. The van der Waals surface area contributed by atoms with Crippen molar-refractivity contribution in [2.24, 2.45) is 5.92 Å². The molecule has 1 aromatic carbocycles. The van der Waals surface area contributed by atoms with Gasteiger partial charge in [-0.25, -0.2) is 0 Å². The first-order chi connectivity index (χ1) is 9.31. The molecule has 1 N–H and O–H groups in total. The predicted octanol–water partition coefficient (Wildman–Crippen LogP) is 4.21. The molecule has 0 bridgehead atoms. The predicted molar refractivity (Wildman–Crippen MR) is 80.6 cm³/mol. The summed E-state index contributed by atoms with van der Waals surface area (Å²) in [7, 11) is 1.71. The molecule has 1 rings (SSSR count). The van der Waals surface area contributed by atoms with Gasteiger partial charge in [0, 0.05) is 6.61 Å². The Bertz CT molecular complexity index is 336. The molecule has 2 heteroatoms. The molecular formula is C17H28O2. The minimum atomic E-state index is 0.270. The van der Waals surface area contributed by atoms with Gasteiger partial charge in [-0.15, -0.1) is 0 Å². The number of para-hydroxylation sites is 1. The van der Waals surface area contributed by atoms with Crippen LogP contribution in [-0.2, 0) is 6.42 Å². The van der Waals surface area contributed by atoms with Gasteiger partial charge >= 0.3 is 0 Å². The Kier molecular flexibility index (Phi) is 8.31. The molecule has 0 fully saturated rings. The van der Waals surface area contributed by atoms with Crippen molar-refractivity contribution in [3.8, 4) is 5.75 Å². The van der Waals surface area contributed by atoms with E-state index in [0.717, 1.165) is 18.6 Å². The van der Waals surface area contributed by atoms with Crippen LogP contribution in [0, 0.1) is 5.92 Å². The smallest absolute Gasteiger partial charge is 0.122 e. The van der Waals surface area contributed by atoms with Crippen LogP contribution < -0.4 is 4.74 Å². The summed E-state index contributed by atoms with van der Waals surface area (Å²) >= 11 is 0. The number of ether oxygens (including phenoxy) is 1. The fraction of sp³-hybridized carbons (Fsp3) is 0.647. The van der Waals surface area contributed by atoms with Crippen LogP contribution in [-0.4, -0.2) is 18.8 Å². The maximum absolute atomic E-state index is 9.51. The van der Waals surface area contributed by atoms with Crippen LogP contribution in [0.15, 0.2) is 24.3 Å². The number of unbranched alkanes of at least 4 members (excludes halogenated alkanes) is 4. The molecule has 108 valence electrons. The van der Waals surface area contributed by atoms with Crippen LogP contribution in [0.5, 0.6) is 5.75 Å². The molecule has 0 aliphatic heterocycles. The van der Waals surface area contributed by atoms with Gasteiger partial charge in [0.2, 0.25) is 0 Å². The van der Waals surface area contributed by atoms with Crippen molar-refractivity contribution in [2.45, 2.75) is 51.9 Å². The molecule has 0 aliphatic rings. The zero-order valence-electron chi connectivity index (χ0n) is 12.4. The second-order valence-corrected chi connectivity index (χ2v) is 5.27. The highest BCUT2D eigenvalue weighted by molar-refractivity contribution is 5.33. The van der Waals surface area contributed by atoms with E-state index in [9.17, 15) is 5.11 Å². The number of rotatable bonds is 10. The van der Waals surface area contributed by atoms with Gasteiger partial charge in [-0.2, -0.15) is 0 Å². The Hall–Kier alpha value is -1.02. The van der Waals surface area contributed by atoms with E-state index >= 15 is 0 Å². The molecule has 0 aliphatic carbocycles.